The molecule has 6 heteroatoms. The van der Waals surface area contributed by atoms with E-state index >= 15 is 0 Å². The highest BCUT2D eigenvalue weighted by atomic mass is 32.1. The third-order valence-electron chi connectivity index (χ3n) is 5.80. The molecule has 0 bridgehead atoms. The highest BCUT2D eigenvalue weighted by Gasteiger charge is 2.31. The van der Waals surface area contributed by atoms with E-state index in [-0.39, 0.29) is 24.1 Å². The molecule has 0 fully saturated rings. The van der Waals surface area contributed by atoms with Crippen LogP contribution in [0.25, 0.3) is 10.2 Å². The number of aromatic nitrogens is 2. The van der Waals surface area contributed by atoms with Gasteiger partial charge in [-0.2, -0.15) is 0 Å². The standard InChI is InChI=1S/C23H26N2O3S/c1-23(2,3)16-9-10-17-18(11-16)29-21-20(17)22(27)25(14-24-21)12-19(26)28-13-15-7-5-4-6-8-15/h4-8,14,16H,9-13H2,1-3H3. The fourth-order valence-electron chi connectivity index (χ4n) is 3.98. The summed E-state index contributed by atoms with van der Waals surface area (Å²) in [6.45, 7) is 6.92. The maximum atomic E-state index is 13.1. The minimum absolute atomic E-state index is 0.121. The summed E-state index contributed by atoms with van der Waals surface area (Å²) >= 11 is 1.63. The van der Waals surface area contributed by atoms with E-state index in [9.17, 15) is 9.59 Å². The lowest BCUT2D eigenvalue weighted by Gasteiger charge is -2.33. The Morgan fingerprint density at radius 2 is 2.03 bits per heavy atom. The van der Waals surface area contributed by atoms with Crippen LogP contribution in [-0.4, -0.2) is 15.5 Å². The van der Waals surface area contributed by atoms with Gasteiger partial charge in [-0.25, -0.2) is 4.98 Å². The third kappa shape index (κ3) is 4.13. The Morgan fingerprint density at radius 1 is 1.28 bits per heavy atom. The van der Waals surface area contributed by atoms with Crippen molar-refractivity contribution in [3.8, 4) is 0 Å². The van der Waals surface area contributed by atoms with E-state index in [0.717, 1.165) is 35.2 Å². The van der Waals surface area contributed by atoms with Gasteiger partial charge in [-0.1, -0.05) is 51.1 Å². The number of benzene rings is 1. The number of carbonyl (C=O) groups excluding carboxylic acids is 1. The van der Waals surface area contributed by atoms with Crippen LogP contribution >= 0.6 is 11.3 Å². The molecule has 0 amide bonds. The molecule has 1 unspecified atom stereocenters. The predicted molar refractivity (Wildman–Crippen MR) is 115 cm³/mol. The van der Waals surface area contributed by atoms with Crippen LogP contribution in [0.15, 0.2) is 41.5 Å². The van der Waals surface area contributed by atoms with Gasteiger partial charge < -0.3 is 4.74 Å². The molecule has 5 nitrogen and oxygen atoms in total. The molecule has 0 aliphatic heterocycles. The van der Waals surface area contributed by atoms with Gasteiger partial charge in [0.2, 0.25) is 0 Å². The Balaban J connectivity index is 1.54. The smallest absolute Gasteiger partial charge is 0.326 e. The average Bonchev–Trinajstić information content (AvgIpc) is 3.07. The number of fused-ring (bicyclic) bond motifs is 3. The van der Waals surface area contributed by atoms with Crippen molar-refractivity contribution in [3.63, 3.8) is 0 Å². The van der Waals surface area contributed by atoms with Crippen LogP contribution in [-0.2, 0) is 35.5 Å². The first-order valence-corrected chi connectivity index (χ1v) is 10.8. The Morgan fingerprint density at radius 3 is 2.76 bits per heavy atom. The molecular weight excluding hydrogens is 384 g/mol. The molecule has 29 heavy (non-hydrogen) atoms. The monoisotopic (exact) mass is 410 g/mol. The zero-order chi connectivity index (χ0) is 20.6. The number of carbonyl (C=O) groups is 1. The van der Waals surface area contributed by atoms with Crippen LogP contribution in [0, 0.1) is 11.3 Å². The number of thiophene rings is 1. The number of aryl methyl sites for hydroxylation is 1. The molecule has 1 aliphatic rings. The lowest BCUT2D eigenvalue weighted by molar-refractivity contribution is -0.145. The summed E-state index contributed by atoms with van der Waals surface area (Å²) in [5.74, 6) is 0.173. The lowest BCUT2D eigenvalue weighted by Crippen LogP contribution is -2.28. The van der Waals surface area contributed by atoms with Gasteiger partial charge >= 0.3 is 5.97 Å². The second-order valence-electron chi connectivity index (χ2n) is 8.81. The number of esters is 1. The molecule has 0 saturated carbocycles. The molecule has 3 aromatic rings. The summed E-state index contributed by atoms with van der Waals surface area (Å²) in [4.78, 5) is 31.9. The lowest BCUT2D eigenvalue weighted by atomic mass is 9.72. The molecule has 0 N–H and O–H groups in total. The molecule has 1 atom stereocenters. The largest absolute Gasteiger partial charge is 0.459 e. The van der Waals surface area contributed by atoms with Crippen LogP contribution < -0.4 is 5.56 Å². The van der Waals surface area contributed by atoms with E-state index in [4.69, 9.17) is 4.74 Å². The highest BCUT2D eigenvalue weighted by Crippen LogP contribution is 2.41. The molecule has 0 saturated heterocycles. The van der Waals surface area contributed by atoms with Gasteiger partial charge in [-0.05, 0) is 41.7 Å². The van der Waals surface area contributed by atoms with Gasteiger partial charge in [0.1, 0.15) is 18.0 Å². The minimum Gasteiger partial charge on any atom is -0.459 e. The second-order valence-corrected chi connectivity index (χ2v) is 9.90. The van der Waals surface area contributed by atoms with Crippen molar-refractivity contribution < 1.29 is 9.53 Å². The number of hydrogen-bond donors (Lipinski definition) is 0. The molecule has 152 valence electrons. The summed E-state index contributed by atoms with van der Waals surface area (Å²) in [7, 11) is 0. The maximum Gasteiger partial charge on any atom is 0.326 e. The molecular formula is C23H26N2O3S. The topological polar surface area (TPSA) is 61.2 Å². The molecule has 2 aromatic heterocycles. The highest BCUT2D eigenvalue weighted by molar-refractivity contribution is 7.18. The summed E-state index contributed by atoms with van der Waals surface area (Å²) in [5.41, 5.74) is 2.17. The van der Waals surface area contributed by atoms with Gasteiger partial charge in [0.05, 0.1) is 11.7 Å². The van der Waals surface area contributed by atoms with E-state index in [0.29, 0.717) is 11.3 Å². The molecule has 1 aromatic carbocycles. The van der Waals surface area contributed by atoms with Crippen molar-refractivity contribution in [2.24, 2.45) is 11.3 Å². The van der Waals surface area contributed by atoms with E-state index < -0.39 is 5.97 Å². The van der Waals surface area contributed by atoms with Gasteiger partial charge in [0.25, 0.3) is 5.56 Å². The van der Waals surface area contributed by atoms with Gasteiger partial charge in [-0.15, -0.1) is 11.3 Å². The molecule has 0 spiro atoms. The molecule has 1 aliphatic carbocycles. The molecule has 2 heterocycles. The van der Waals surface area contributed by atoms with Gasteiger partial charge in [0.15, 0.2) is 0 Å². The van der Waals surface area contributed by atoms with Crippen molar-refractivity contribution in [1.82, 2.24) is 9.55 Å². The first-order valence-electron chi connectivity index (χ1n) is 10.0. The summed E-state index contributed by atoms with van der Waals surface area (Å²) in [6.07, 6.45) is 4.45. The third-order valence-corrected chi connectivity index (χ3v) is 6.96. The second kappa shape index (κ2) is 7.75. The van der Waals surface area contributed by atoms with Gasteiger partial charge in [-0.3, -0.25) is 14.2 Å². The van der Waals surface area contributed by atoms with Crippen molar-refractivity contribution in [2.75, 3.05) is 0 Å². The van der Waals surface area contributed by atoms with E-state index in [2.05, 4.69) is 25.8 Å². The summed E-state index contributed by atoms with van der Waals surface area (Å²) < 4.78 is 6.69. The first kappa shape index (κ1) is 19.8. The maximum absolute atomic E-state index is 13.1. The Labute approximate surface area is 174 Å². The van der Waals surface area contributed by atoms with Crippen LogP contribution in [0.2, 0.25) is 0 Å². The van der Waals surface area contributed by atoms with Crippen LogP contribution in [0.1, 0.15) is 43.2 Å². The number of rotatable bonds is 4. The summed E-state index contributed by atoms with van der Waals surface area (Å²) in [6, 6.07) is 9.51. The van der Waals surface area contributed by atoms with Crippen LogP contribution in [0.4, 0.5) is 0 Å². The SMILES string of the molecule is CC(C)(C)C1CCc2c(sc3ncn(CC(=O)OCc4ccccc4)c(=O)c23)C1. The van der Waals surface area contributed by atoms with E-state index in [1.165, 1.54) is 15.8 Å². The first-order chi connectivity index (χ1) is 13.8. The van der Waals surface area contributed by atoms with Crippen molar-refractivity contribution >= 4 is 27.5 Å². The Kier molecular flexibility index (Phi) is 5.30. The predicted octanol–water partition coefficient (Wildman–Crippen LogP) is 4.35. The van der Waals surface area contributed by atoms with Crippen molar-refractivity contribution in [2.45, 2.75) is 53.2 Å². The quantitative estimate of drug-likeness (QED) is 0.600. The Hall–Kier alpha value is -2.47. The van der Waals surface area contributed by atoms with Crippen LogP contribution in [0.3, 0.4) is 0 Å². The molecule has 0 radical (unpaired) electrons. The zero-order valence-electron chi connectivity index (χ0n) is 17.1. The minimum atomic E-state index is -0.436. The molecule has 4 rings (SSSR count). The number of hydrogen-bond acceptors (Lipinski definition) is 5. The summed E-state index contributed by atoms with van der Waals surface area (Å²) in [5, 5.41) is 0.690. The van der Waals surface area contributed by atoms with Crippen molar-refractivity contribution in [1.29, 1.82) is 0 Å². The van der Waals surface area contributed by atoms with Crippen molar-refractivity contribution in [3.05, 3.63) is 63.0 Å². The fraction of sp³-hybridized carbons (Fsp3) is 0.435. The zero-order valence-corrected chi connectivity index (χ0v) is 17.9. The van der Waals surface area contributed by atoms with E-state index in [1.807, 2.05) is 30.3 Å². The number of ether oxygens (including phenoxy) is 1. The van der Waals surface area contributed by atoms with Crippen LogP contribution in [0.5, 0.6) is 0 Å². The number of nitrogens with zero attached hydrogens (tertiary/aromatic N) is 2. The van der Waals surface area contributed by atoms with Gasteiger partial charge in [0, 0.05) is 4.88 Å². The Bertz CT molecular complexity index is 1090. The fourth-order valence-corrected chi connectivity index (χ4v) is 5.23. The normalized spacial score (nSPS) is 16.6. The van der Waals surface area contributed by atoms with E-state index in [1.54, 1.807) is 11.3 Å². The average molecular weight is 411 g/mol.